The average molecular weight is 466 g/mol. The van der Waals surface area contributed by atoms with Crippen LogP contribution in [0.15, 0.2) is 60.7 Å². The van der Waals surface area contributed by atoms with Crippen molar-refractivity contribution in [3.8, 4) is 11.5 Å². The van der Waals surface area contributed by atoms with E-state index in [0.29, 0.717) is 30.1 Å². The van der Waals surface area contributed by atoms with E-state index in [-0.39, 0.29) is 23.9 Å². The second kappa shape index (κ2) is 8.80. The number of aromatic carboxylic acids is 1. The van der Waals surface area contributed by atoms with Crippen molar-refractivity contribution >= 4 is 27.5 Å². The highest BCUT2D eigenvalue weighted by Gasteiger charge is 2.30. The number of carboxylic acids is 1. The molecule has 4 aromatic rings. The molecule has 0 aliphatic carbocycles. The first-order valence-corrected chi connectivity index (χ1v) is 11.2. The second-order valence-corrected chi connectivity index (χ2v) is 9.05. The van der Waals surface area contributed by atoms with Gasteiger partial charge >= 0.3 is 5.97 Å². The third-order valence-electron chi connectivity index (χ3n) is 5.63. The molecule has 33 heavy (non-hydrogen) atoms. The van der Waals surface area contributed by atoms with Crippen LogP contribution in [0, 0.1) is 11.7 Å². The summed E-state index contributed by atoms with van der Waals surface area (Å²) in [5.74, 6) is -0.331. The van der Waals surface area contributed by atoms with E-state index in [0.717, 1.165) is 20.8 Å². The Kier molecular flexibility index (Phi) is 5.70. The number of carbonyl (C=O) groups is 1. The van der Waals surface area contributed by atoms with Crippen molar-refractivity contribution in [1.82, 2.24) is 4.98 Å². The first-order chi connectivity index (χ1) is 16.0. The largest absolute Gasteiger partial charge is 0.493 e. The smallest absolute Gasteiger partial charge is 0.335 e. The van der Waals surface area contributed by atoms with Crippen molar-refractivity contribution < 1.29 is 28.9 Å². The Hall–Kier alpha value is -3.49. The topological polar surface area (TPSA) is 88.9 Å². The van der Waals surface area contributed by atoms with Gasteiger partial charge < -0.3 is 19.7 Å². The van der Waals surface area contributed by atoms with Crippen LogP contribution < -0.4 is 9.47 Å². The van der Waals surface area contributed by atoms with Crippen LogP contribution in [0.4, 0.5) is 4.39 Å². The highest BCUT2D eigenvalue weighted by molar-refractivity contribution is 7.18. The zero-order valence-corrected chi connectivity index (χ0v) is 18.2. The van der Waals surface area contributed by atoms with Crippen molar-refractivity contribution in [1.29, 1.82) is 0 Å². The third-order valence-corrected chi connectivity index (χ3v) is 6.62. The lowest BCUT2D eigenvalue weighted by Gasteiger charge is -2.30. The molecule has 2 atom stereocenters. The van der Waals surface area contributed by atoms with E-state index < -0.39 is 12.1 Å². The molecule has 5 rings (SSSR count). The minimum atomic E-state index is -0.979. The monoisotopic (exact) mass is 465 g/mol. The molecule has 2 unspecified atom stereocenters. The molecule has 2 N–H and O–H groups in total. The molecular weight excluding hydrogens is 445 g/mol. The summed E-state index contributed by atoms with van der Waals surface area (Å²) in [5, 5.41) is 20.8. The number of rotatable bonds is 6. The normalized spacial score (nSPS) is 17.4. The van der Waals surface area contributed by atoms with Crippen LogP contribution >= 0.6 is 11.3 Å². The van der Waals surface area contributed by atoms with Gasteiger partial charge in [-0.25, -0.2) is 14.2 Å². The summed E-state index contributed by atoms with van der Waals surface area (Å²) in [6.45, 7) is 0.545. The molecule has 0 radical (unpaired) electrons. The Morgan fingerprint density at radius 1 is 1.18 bits per heavy atom. The number of nitrogens with zero attached hydrogens (tertiary/aromatic N) is 1. The van der Waals surface area contributed by atoms with Gasteiger partial charge in [-0.05, 0) is 54.4 Å². The molecule has 0 amide bonds. The molecule has 1 aliphatic rings. The van der Waals surface area contributed by atoms with E-state index >= 15 is 0 Å². The van der Waals surface area contributed by atoms with Gasteiger partial charge in [0.15, 0.2) is 0 Å². The number of aliphatic hydroxyl groups is 1. The van der Waals surface area contributed by atoms with E-state index in [1.807, 2.05) is 6.07 Å². The summed E-state index contributed by atoms with van der Waals surface area (Å²) in [7, 11) is 0. The van der Waals surface area contributed by atoms with Gasteiger partial charge in [-0.2, -0.15) is 0 Å². The summed E-state index contributed by atoms with van der Waals surface area (Å²) < 4.78 is 25.9. The third kappa shape index (κ3) is 4.53. The lowest BCUT2D eigenvalue weighted by molar-refractivity contribution is 0.0505. The average Bonchev–Trinajstić information content (AvgIpc) is 3.22. The number of ether oxygens (including phenoxy) is 2. The maximum Gasteiger partial charge on any atom is 0.335 e. The molecule has 1 aliphatic heterocycles. The van der Waals surface area contributed by atoms with Gasteiger partial charge in [0.05, 0.1) is 28.5 Å². The summed E-state index contributed by atoms with van der Waals surface area (Å²) in [6, 6.07) is 16.5. The lowest BCUT2D eigenvalue weighted by Crippen LogP contribution is -2.27. The summed E-state index contributed by atoms with van der Waals surface area (Å²) >= 11 is 1.38. The van der Waals surface area contributed by atoms with Crippen LogP contribution in [0.25, 0.3) is 10.2 Å². The molecule has 8 heteroatoms. The number of fused-ring (bicyclic) bond motifs is 2. The van der Waals surface area contributed by atoms with Crippen LogP contribution in [0.2, 0.25) is 0 Å². The molecule has 0 saturated heterocycles. The molecule has 1 aromatic heterocycles. The predicted octanol–water partition coefficient (Wildman–Crippen LogP) is 5.00. The van der Waals surface area contributed by atoms with Gasteiger partial charge in [-0.15, -0.1) is 11.3 Å². The number of benzene rings is 3. The number of carboxylic acid groups (broad SMARTS) is 1. The standard InChI is InChI=1S/C25H20FNO5S/c26-17-4-7-20-22(10-17)33-23(27-20)13-31-18-5-6-19-21(11-18)32-12-16(24(19)28)9-14-2-1-3-15(8-14)25(29)30/h1-8,10-11,16,24,28H,9,12-13H2,(H,29,30). The van der Waals surface area contributed by atoms with Crippen LogP contribution in [0.3, 0.4) is 0 Å². The molecule has 0 bridgehead atoms. The summed E-state index contributed by atoms with van der Waals surface area (Å²) in [5.41, 5.74) is 2.46. The summed E-state index contributed by atoms with van der Waals surface area (Å²) in [4.78, 5) is 15.7. The highest BCUT2D eigenvalue weighted by Crippen LogP contribution is 2.39. The molecule has 2 heterocycles. The second-order valence-electron chi connectivity index (χ2n) is 7.93. The minimum absolute atomic E-state index is 0.198. The van der Waals surface area contributed by atoms with Crippen molar-refractivity contribution in [3.05, 3.63) is 88.2 Å². The Morgan fingerprint density at radius 3 is 2.91 bits per heavy atom. The number of hydrogen-bond donors (Lipinski definition) is 2. The molecule has 3 aromatic carbocycles. The maximum absolute atomic E-state index is 13.4. The zero-order valence-electron chi connectivity index (χ0n) is 17.4. The fourth-order valence-electron chi connectivity index (χ4n) is 3.97. The van der Waals surface area contributed by atoms with Crippen molar-refractivity contribution in [3.63, 3.8) is 0 Å². The molecule has 0 spiro atoms. The summed E-state index contributed by atoms with van der Waals surface area (Å²) in [6.07, 6.45) is -0.242. The van der Waals surface area contributed by atoms with Crippen molar-refractivity contribution in [2.45, 2.75) is 19.1 Å². The Balaban J connectivity index is 1.26. The number of halogens is 1. The van der Waals surface area contributed by atoms with Gasteiger partial charge in [-0.3, -0.25) is 0 Å². The molecule has 168 valence electrons. The first kappa shape index (κ1) is 21.4. The van der Waals surface area contributed by atoms with E-state index in [9.17, 15) is 19.4 Å². The van der Waals surface area contributed by atoms with Gasteiger partial charge in [0.1, 0.15) is 28.9 Å². The van der Waals surface area contributed by atoms with E-state index in [4.69, 9.17) is 9.47 Å². The van der Waals surface area contributed by atoms with Gasteiger partial charge in [0.25, 0.3) is 0 Å². The quantitative estimate of drug-likeness (QED) is 0.417. The number of thiazole rings is 1. The fraction of sp³-hybridized carbons (Fsp3) is 0.200. The van der Waals surface area contributed by atoms with Crippen molar-refractivity contribution in [2.75, 3.05) is 6.61 Å². The van der Waals surface area contributed by atoms with Gasteiger partial charge in [-0.1, -0.05) is 12.1 Å². The van der Waals surface area contributed by atoms with Crippen LogP contribution in [0.5, 0.6) is 11.5 Å². The minimum Gasteiger partial charge on any atom is -0.493 e. The number of hydrogen-bond acceptors (Lipinski definition) is 6. The van der Waals surface area contributed by atoms with E-state index in [2.05, 4.69) is 4.98 Å². The molecule has 0 saturated carbocycles. The van der Waals surface area contributed by atoms with Crippen LogP contribution in [-0.4, -0.2) is 27.8 Å². The molecular formula is C25H20FNO5S. The molecule has 0 fully saturated rings. The zero-order chi connectivity index (χ0) is 22.9. The predicted molar refractivity (Wildman–Crippen MR) is 121 cm³/mol. The SMILES string of the molecule is O=C(O)c1cccc(CC2COc3cc(OCc4nc5ccc(F)cc5s4)ccc3C2O)c1. The van der Waals surface area contributed by atoms with Gasteiger partial charge in [0.2, 0.25) is 0 Å². The Labute approximate surface area is 192 Å². The van der Waals surface area contributed by atoms with Crippen LogP contribution in [-0.2, 0) is 13.0 Å². The van der Waals surface area contributed by atoms with Gasteiger partial charge in [0, 0.05) is 17.5 Å². The number of aliphatic hydroxyl groups excluding tert-OH is 1. The Bertz CT molecular complexity index is 1340. The van der Waals surface area contributed by atoms with E-state index in [1.165, 1.54) is 23.5 Å². The van der Waals surface area contributed by atoms with Crippen molar-refractivity contribution in [2.24, 2.45) is 5.92 Å². The lowest BCUT2D eigenvalue weighted by atomic mass is 9.88. The molecule has 6 nitrogen and oxygen atoms in total. The maximum atomic E-state index is 13.4. The fourth-order valence-corrected chi connectivity index (χ4v) is 4.88. The van der Waals surface area contributed by atoms with Crippen LogP contribution in [0.1, 0.15) is 32.6 Å². The highest BCUT2D eigenvalue weighted by atomic mass is 32.1. The first-order valence-electron chi connectivity index (χ1n) is 10.4. The Morgan fingerprint density at radius 2 is 2.06 bits per heavy atom. The van der Waals surface area contributed by atoms with E-state index in [1.54, 1.807) is 42.5 Å². The number of aromatic nitrogens is 1.